The molecule has 2 saturated heterocycles. The van der Waals surface area contributed by atoms with Crippen molar-refractivity contribution in [2.24, 2.45) is 11.8 Å². The van der Waals surface area contributed by atoms with E-state index in [1.165, 1.54) is 12.1 Å². The van der Waals surface area contributed by atoms with E-state index in [1.54, 1.807) is 11.0 Å². The van der Waals surface area contributed by atoms with E-state index >= 15 is 0 Å². The number of carbonyl (C=O) groups is 2. The molecule has 38 heavy (non-hydrogen) atoms. The molecule has 0 aromatic heterocycles. The molecule has 2 aliphatic rings. The first-order valence-electron chi connectivity index (χ1n) is 13.2. The number of fused-ring (bicyclic) bond motifs is 1. The van der Waals surface area contributed by atoms with Crippen LogP contribution in [0.3, 0.4) is 0 Å². The van der Waals surface area contributed by atoms with Gasteiger partial charge in [-0.15, -0.1) is 0 Å². The van der Waals surface area contributed by atoms with Crippen molar-refractivity contribution in [2.75, 3.05) is 32.7 Å². The zero-order valence-electron chi connectivity index (χ0n) is 21.8. The predicted octanol–water partition coefficient (Wildman–Crippen LogP) is 5.66. The second-order valence-electron chi connectivity index (χ2n) is 10.6. The lowest BCUT2D eigenvalue weighted by Gasteiger charge is -2.25. The molecule has 198 valence electrons. The Morgan fingerprint density at radius 3 is 2.16 bits per heavy atom. The largest absolute Gasteiger partial charge is 0.345 e. The van der Waals surface area contributed by atoms with Crippen molar-refractivity contribution in [1.82, 2.24) is 15.1 Å². The van der Waals surface area contributed by atoms with Crippen LogP contribution in [0.5, 0.6) is 0 Å². The third-order valence-electron chi connectivity index (χ3n) is 7.98. The maximum Gasteiger partial charge on any atom is 0.258 e. The number of halogens is 2. The Balaban J connectivity index is 1.21. The maximum atomic E-state index is 14.3. The topological polar surface area (TPSA) is 52.7 Å². The standard InChI is InChI=1S/C31H33ClFN3O2/c1-20-8-6-9-21(2)28(20)30(37)34-27(22-10-4-3-5-11-22)14-15-35-16-23-18-36(19-24(23)17-35)31(38)29-25(32)12-7-13-26(29)33/h3-13,23-24,27H,14-19H2,1-2H3,(H,34,37)/t23?,24?,27-/m0/s1. The smallest absolute Gasteiger partial charge is 0.258 e. The van der Waals surface area contributed by atoms with Gasteiger partial charge >= 0.3 is 0 Å². The van der Waals surface area contributed by atoms with Gasteiger partial charge in [0, 0.05) is 38.3 Å². The molecule has 0 aliphatic carbocycles. The van der Waals surface area contributed by atoms with Crippen molar-refractivity contribution in [1.29, 1.82) is 0 Å². The normalized spacial score (nSPS) is 19.8. The van der Waals surface area contributed by atoms with E-state index in [2.05, 4.69) is 22.3 Å². The highest BCUT2D eigenvalue weighted by molar-refractivity contribution is 6.33. The fourth-order valence-electron chi connectivity index (χ4n) is 6.02. The van der Waals surface area contributed by atoms with Gasteiger partial charge in [-0.05, 0) is 60.9 Å². The molecule has 3 atom stereocenters. The van der Waals surface area contributed by atoms with Crippen LogP contribution in [0.15, 0.2) is 66.7 Å². The summed E-state index contributed by atoms with van der Waals surface area (Å²) in [4.78, 5) is 30.5. The summed E-state index contributed by atoms with van der Waals surface area (Å²) >= 11 is 6.13. The summed E-state index contributed by atoms with van der Waals surface area (Å²) in [6, 6.07) is 20.3. The molecule has 0 saturated carbocycles. The van der Waals surface area contributed by atoms with E-state index in [-0.39, 0.29) is 28.4 Å². The zero-order valence-corrected chi connectivity index (χ0v) is 22.5. The van der Waals surface area contributed by atoms with Gasteiger partial charge in [-0.3, -0.25) is 9.59 Å². The van der Waals surface area contributed by atoms with Crippen LogP contribution in [0, 0.1) is 31.5 Å². The Labute approximate surface area is 228 Å². The lowest BCUT2D eigenvalue weighted by atomic mass is 9.99. The molecular formula is C31H33ClFN3O2. The maximum absolute atomic E-state index is 14.3. The fourth-order valence-corrected chi connectivity index (χ4v) is 6.26. The molecule has 0 bridgehead atoms. The van der Waals surface area contributed by atoms with Crippen molar-refractivity contribution < 1.29 is 14.0 Å². The number of nitrogens with zero attached hydrogens (tertiary/aromatic N) is 2. The quantitative estimate of drug-likeness (QED) is 0.426. The third kappa shape index (κ3) is 5.47. The molecule has 2 unspecified atom stereocenters. The molecule has 2 fully saturated rings. The number of amides is 2. The molecule has 1 N–H and O–H groups in total. The fraction of sp³-hybridized carbons (Fsp3) is 0.355. The van der Waals surface area contributed by atoms with Gasteiger partial charge in [-0.25, -0.2) is 4.39 Å². The number of hydrogen-bond donors (Lipinski definition) is 1. The van der Waals surface area contributed by atoms with E-state index < -0.39 is 5.82 Å². The molecular weight excluding hydrogens is 501 g/mol. The molecule has 5 nitrogen and oxygen atoms in total. The first-order valence-corrected chi connectivity index (χ1v) is 13.6. The highest BCUT2D eigenvalue weighted by Crippen LogP contribution is 2.34. The number of hydrogen-bond acceptors (Lipinski definition) is 3. The summed E-state index contributed by atoms with van der Waals surface area (Å²) in [5, 5.41) is 3.45. The minimum Gasteiger partial charge on any atom is -0.345 e. The third-order valence-corrected chi connectivity index (χ3v) is 8.29. The van der Waals surface area contributed by atoms with Gasteiger partial charge in [-0.2, -0.15) is 0 Å². The van der Waals surface area contributed by atoms with Crippen molar-refractivity contribution in [2.45, 2.75) is 26.3 Å². The number of rotatable bonds is 7. The van der Waals surface area contributed by atoms with Crippen LogP contribution in [0.2, 0.25) is 5.02 Å². The van der Waals surface area contributed by atoms with Crippen LogP contribution in [0.1, 0.15) is 49.9 Å². The molecule has 3 aromatic rings. The van der Waals surface area contributed by atoms with Gasteiger partial charge in [-0.1, -0.05) is 66.2 Å². The number of likely N-dealkylation sites (tertiary alicyclic amines) is 2. The van der Waals surface area contributed by atoms with Gasteiger partial charge in [0.2, 0.25) is 0 Å². The lowest BCUT2D eigenvalue weighted by Crippen LogP contribution is -2.36. The Hall–Kier alpha value is -3.22. The van der Waals surface area contributed by atoms with Gasteiger partial charge in [0.15, 0.2) is 0 Å². The lowest BCUT2D eigenvalue weighted by molar-refractivity contribution is 0.0769. The Bertz CT molecular complexity index is 1280. The molecule has 7 heteroatoms. The van der Waals surface area contributed by atoms with Crippen LogP contribution in [0.4, 0.5) is 4.39 Å². The average molecular weight is 534 g/mol. The first-order chi connectivity index (χ1) is 18.3. The van der Waals surface area contributed by atoms with Gasteiger partial charge in [0.05, 0.1) is 16.6 Å². The molecule has 0 radical (unpaired) electrons. The predicted molar refractivity (Wildman–Crippen MR) is 148 cm³/mol. The Morgan fingerprint density at radius 1 is 0.895 bits per heavy atom. The summed E-state index contributed by atoms with van der Waals surface area (Å²) in [7, 11) is 0. The van der Waals surface area contributed by atoms with Crippen LogP contribution in [0.25, 0.3) is 0 Å². The van der Waals surface area contributed by atoms with Gasteiger partial charge < -0.3 is 15.1 Å². The van der Waals surface area contributed by atoms with Crippen LogP contribution < -0.4 is 5.32 Å². The van der Waals surface area contributed by atoms with Crippen molar-refractivity contribution >= 4 is 23.4 Å². The monoisotopic (exact) mass is 533 g/mol. The minimum absolute atomic E-state index is 0.0312. The molecule has 3 aromatic carbocycles. The number of nitrogens with one attached hydrogen (secondary N) is 1. The van der Waals surface area contributed by atoms with E-state index in [9.17, 15) is 14.0 Å². The van der Waals surface area contributed by atoms with Crippen LogP contribution >= 0.6 is 11.6 Å². The number of carbonyl (C=O) groups excluding carboxylic acids is 2. The zero-order chi connectivity index (χ0) is 26.8. The Kier molecular flexibility index (Phi) is 7.82. The van der Waals surface area contributed by atoms with E-state index in [1.807, 2.05) is 50.2 Å². The summed E-state index contributed by atoms with van der Waals surface area (Å²) in [5.74, 6) is -0.245. The first kappa shape index (κ1) is 26.4. The van der Waals surface area contributed by atoms with Crippen LogP contribution in [-0.4, -0.2) is 54.3 Å². The molecule has 2 amide bonds. The average Bonchev–Trinajstić information content (AvgIpc) is 3.46. The Morgan fingerprint density at radius 2 is 1.53 bits per heavy atom. The highest BCUT2D eigenvalue weighted by atomic mass is 35.5. The summed E-state index contributed by atoms with van der Waals surface area (Å²) in [6.07, 6.45) is 0.785. The van der Waals surface area contributed by atoms with Crippen molar-refractivity contribution in [3.63, 3.8) is 0 Å². The van der Waals surface area contributed by atoms with Crippen molar-refractivity contribution in [3.05, 3.63) is 105 Å². The van der Waals surface area contributed by atoms with Gasteiger partial charge in [0.25, 0.3) is 11.8 Å². The van der Waals surface area contributed by atoms with Gasteiger partial charge in [0.1, 0.15) is 5.82 Å². The summed E-state index contributed by atoms with van der Waals surface area (Å²) in [6.45, 7) is 7.75. The summed E-state index contributed by atoms with van der Waals surface area (Å²) in [5.41, 5.74) is 3.74. The second-order valence-corrected chi connectivity index (χ2v) is 11.0. The highest BCUT2D eigenvalue weighted by Gasteiger charge is 2.42. The van der Waals surface area contributed by atoms with E-state index in [4.69, 9.17) is 11.6 Å². The van der Waals surface area contributed by atoms with Crippen LogP contribution in [-0.2, 0) is 0 Å². The molecule has 5 rings (SSSR count). The van der Waals surface area contributed by atoms with E-state index in [0.29, 0.717) is 24.9 Å². The minimum atomic E-state index is -0.573. The number of benzene rings is 3. The molecule has 0 spiro atoms. The number of aryl methyl sites for hydroxylation is 2. The van der Waals surface area contributed by atoms with E-state index in [0.717, 1.165) is 48.3 Å². The second kappa shape index (κ2) is 11.3. The summed E-state index contributed by atoms with van der Waals surface area (Å²) < 4.78 is 14.3. The SMILES string of the molecule is Cc1cccc(C)c1C(=O)N[C@@H](CCN1CC2CN(C(=O)c3c(F)cccc3Cl)CC2C1)c1ccccc1. The molecule has 2 heterocycles. The molecule has 2 aliphatic heterocycles. The van der Waals surface area contributed by atoms with Crippen molar-refractivity contribution in [3.8, 4) is 0 Å².